The van der Waals surface area contributed by atoms with Gasteiger partial charge in [-0.3, -0.25) is 4.57 Å². The summed E-state index contributed by atoms with van der Waals surface area (Å²) in [4.78, 5) is 9.94. The van der Waals surface area contributed by atoms with E-state index >= 15 is 0 Å². The zero-order valence-corrected chi connectivity index (χ0v) is 43.2. The van der Waals surface area contributed by atoms with Crippen molar-refractivity contribution in [3.05, 3.63) is 210 Å². The molecule has 0 saturated heterocycles. The van der Waals surface area contributed by atoms with Crippen molar-refractivity contribution in [1.29, 1.82) is 0 Å². The van der Waals surface area contributed by atoms with Crippen molar-refractivity contribution in [2.75, 3.05) is 16.5 Å². The van der Waals surface area contributed by atoms with Gasteiger partial charge in [0.1, 0.15) is 24.0 Å². The van der Waals surface area contributed by atoms with Gasteiger partial charge in [0.15, 0.2) is 0 Å². The van der Waals surface area contributed by atoms with Crippen LogP contribution in [0.5, 0.6) is 11.5 Å². The highest BCUT2D eigenvalue weighted by molar-refractivity contribution is 6.10. The molecule has 0 spiro atoms. The Bertz CT molecular complexity index is 4000. The molecular weight excluding hydrogens is 891 g/mol. The summed E-state index contributed by atoms with van der Waals surface area (Å²) in [5.41, 5.74) is 14.8. The quantitative estimate of drug-likeness (QED) is 0.160. The summed E-state index contributed by atoms with van der Waals surface area (Å²) >= 11 is 0. The SMILES string of the molecule is [2H]C([2H])([2H])c1cc(-n2c3ccccc3c3ccc(Oc4cccc(N5CN(c6cc(C(C)(C)C)cc(C(C)(C)C)c6)c6ccc(C(C)(C)C)cc65)c4)cc32)ncc1-c1cccc(-n2c3ccccc3c3ccccc32)c1. The van der Waals surface area contributed by atoms with Crippen molar-refractivity contribution in [2.45, 2.75) is 85.4 Å². The van der Waals surface area contributed by atoms with E-state index in [-0.39, 0.29) is 21.8 Å². The minimum atomic E-state index is -2.44. The molecule has 0 atom stereocenters. The normalized spacial score (nSPS) is 14.0. The molecule has 0 saturated carbocycles. The van der Waals surface area contributed by atoms with Crippen molar-refractivity contribution in [3.8, 4) is 34.1 Å². The standard InChI is InChI=1S/C67H63N5O/c1-43-33-64(68-41-57(43)44-19-17-21-49(34-44)71-58-26-14-11-23-53(58)54-24-12-15-27-59(54)71)72-60-28-16-13-25-55(60)56-31-30-52(40-62(56)72)73-51-22-18-20-48(39-51)69-42-70(61-32-29-45(38-63(61)69)65(2,3)4)50-36-46(66(5,6)7)35-47(37-50)67(8,9)10/h11-41H,42H2,1-10H3/i1D3. The van der Waals surface area contributed by atoms with Crippen LogP contribution in [-0.2, 0) is 16.2 Å². The van der Waals surface area contributed by atoms with Crippen LogP contribution in [0.25, 0.3) is 66.2 Å². The Morgan fingerprint density at radius 1 is 0.438 bits per heavy atom. The molecule has 0 bridgehead atoms. The molecule has 1 aliphatic rings. The van der Waals surface area contributed by atoms with E-state index in [0.29, 0.717) is 29.5 Å². The fourth-order valence-corrected chi connectivity index (χ4v) is 10.7. The third-order valence-electron chi connectivity index (χ3n) is 14.8. The smallest absolute Gasteiger partial charge is 0.137 e. The van der Waals surface area contributed by atoms with Crippen LogP contribution >= 0.6 is 0 Å². The lowest BCUT2D eigenvalue weighted by Crippen LogP contribution is -2.25. The number of hydrogen-bond acceptors (Lipinski definition) is 4. The summed E-state index contributed by atoms with van der Waals surface area (Å²) in [5.74, 6) is 1.86. The molecule has 6 heteroatoms. The van der Waals surface area contributed by atoms with E-state index in [0.717, 1.165) is 66.2 Å². The Kier molecular flexibility index (Phi) is 9.93. The predicted octanol–water partition coefficient (Wildman–Crippen LogP) is 18.2. The summed E-state index contributed by atoms with van der Waals surface area (Å²) in [7, 11) is 0. The zero-order chi connectivity index (χ0) is 53.1. The van der Waals surface area contributed by atoms with Crippen molar-refractivity contribution in [2.24, 2.45) is 0 Å². The lowest BCUT2D eigenvalue weighted by atomic mass is 9.80. The molecule has 1 aliphatic heterocycles. The highest BCUT2D eigenvalue weighted by atomic mass is 16.5. The number of aromatic nitrogens is 3. The van der Waals surface area contributed by atoms with E-state index in [9.17, 15) is 0 Å². The molecule has 6 nitrogen and oxygen atoms in total. The van der Waals surface area contributed by atoms with Gasteiger partial charge in [-0.25, -0.2) is 4.98 Å². The van der Waals surface area contributed by atoms with Gasteiger partial charge in [-0.2, -0.15) is 0 Å². The maximum Gasteiger partial charge on any atom is 0.137 e. The Morgan fingerprint density at radius 2 is 1.01 bits per heavy atom. The van der Waals surface area contributed by atoms with Crippen molar-refractivity contribution in [1.82, 2.24) is 14.1 Å². The van der Waals surface area contributed by atoms with E-state index in [4.69, 9.17) is 13.8 Å². The first-order valence-corrected chi connectivity index (χ1v) is 25.5. The monoisotopic (exact) mass is 957 g/mol. The van der Waals surface area contributed by atoms with E-state index in [1.807, 2.05) is 42.5 Å². The van der Waals surface area contributed by atoms with Crippen LogP contribution < -0.4 is 14.5 Å². The Morgan fingerprint density at radius 3 is 1.66 bits per heavy atom. The molecular formula is C67H63N5O. The third kappa shape index (κ3) is 8.10. The Hall–Kier alpha value is -8.09. The fraction of sp³-hybridized carbons (Fsp3) is 0.209. The van der Waals surface area contributed by atoms with Gasteiger partial charge in [0.2, 0.25) is 0 Å². The molecule has 11 aromatic rings. The first kappa shape index (κ1) is 42.6. The number of nitrogens with zero attached hydrogens (tertiary/aromatic N) is 5. The summed E-state index contributed by atoms with van der Waals surface area (Å²) in [6, 6.07) is 63.4. The van der Waals surface area contributed by atoms with Crippen LogP contribution in [0, 0.1) is 6.85 Å². The number of rotatable bonds is 7. The van der Waals surface area contributed by atoms with Crippen molar-refractivity contribution < 1.29 is 8.85 Å². The van der Waals surface area contributed by atoms with Crippen LogP contribution in [0.1, 0.15) is 88.7 Å². The molecule has 4 heterocycles. The maximum atomic E-state index is 8.92. The molecule has 0 fully saturated rings. The van der Waals surface area contributed by atoms with Gasteiger partial charge in [-0.15, -0.1) is 0 Å². The summed E-state index contributed by atoms with van der Waals surface area (Å²) < 4.78 is 37.9. The largest absolute Gasteiger partial charge is 0.457 e. The number of hydrogen-bond donors (Lipinski definition) is 0. The Balaban J connectivity index is 0.917. The maximum absolute atomic E-state index is 8.92. The second kappa shape index (κ2) is 17.0. The van der Waals surface area contributed by atoms with Gasteiger partial charge in [-0.1, -0.05) is 147 Å². The highest BCUT2D eigenvalue weighted by Gasteiger charge is 2.32. The molecule has 73 heavy (non-hydrogen) atoms. The van der Waals surface area contributed by atoms with Crippen LogP contribution in [0.4, 0.5) is 22.7 Å². The number of benzene rings is 8. The molecule has 0 aliphatic carbocycles. The number of pyridine rings is 1. The van der Waals surface area contributed by atoms with Crippen LogP contribution in [0.3, 0.4) is 0 Å². The van der Waals surface area contributed by atoms with E-state index < -0.39 is 6.85 Å². The second-order valence-electron chi connectivity index (χ2n) is 22.9. The molecule has 3 aromatic heterocycles. The van der Waals surface area contributed by atoms with Gasteiger partial charge in [0.25, 0.3) is 0 Å². The Labute approximate surface area is 434 Å². The number of anilines is 4. The fourth-order valence-electron chi connectivity index (χ4n) is 10.7. The second-order valence-corrected chi connectivity index (χ2v) is 22.9. The van der Waals surface area contributed by atoms with E-state index in [1.54, 1.807) is 12.3 Å². The van der Waals surface area contributed by atoms with Crippen LogP contribution in [-0.4, -0.2) is 20.8 Å². The lowest BCUT2D eigenvalue weighted by molar-refractivity contribution is 0.483. The first-order chi connectivity index (χ1) is 36.2. The summed E-state index contributed by atoms with van der Waals surface area (Å²) in [6.45, 7) is 18.7. The topological polar surface area (TPSA) is 38.5 Å². The van der Waals surface area contributed by atoms with Crippen molar-refractivity contribution >= 4 is 66.4 Å². The molecule has 0 N–H and O–H groups in total. The van der Waals surface area contributed by atoms with Gasteiger partial charge in [0.05, 0.1) is 33.4 Å². The average molecular weight is 957 g/mol. The molecule has 0 amide bonds. The minimum absolute atomic E-state index is 0.0247. The molecule has 12 rings (SSSR count). The van der Waals surface area contributed by atoms with Gasteiger partial charge in [0, 0.05) is 66.6 Å². The summed E-state index contributed by atoms with van der Waals surface area (Å²) in [5, 5.41) is 4.36. The average Bonchev–Trinajstić information content (AvgIpc) is 4.06. The lowest BCUT2D eigenvalue weighted by Gasteiger charge is -2.29. The highest BCUT2D eigenvalue weighted by Crippen LogP contribution is 2.48. The van der Waals surface area contributed by atoms with Gasteiger partial charge < -0.3 is 19.1 Å². The van der Waals surface area contributed by atoms with E-state index in [1.165, 1.54) is 28.1 Å². The number of ether oxygens (including phenoxy) is 1. The van der Waals surface area contributed by atoms with Crippen molar-refractivity contribution in [3.63, 3.8) is 0 Å². The minimum Gasteiger partial charge on any atom is -0.457 e. The predicted molar refractivity (Wildman–Crippen MR) is 308 cm³/mol. The third-order valence-corrected chi connectivity index (χ3v) is 14.8. The number of para-hydroxylation sites is 3. The van der Waals surface area contributed by atoms with E-state index in [2.05, 4.69) is 215 Å². The first-order valence-electron chi connectivity index (χ1n) is 27.0. The molecule has 8 aromatic carbocycles. The van der Waals surface area contributed by atoms with Gasteiger partial charge in [-0.05, 0) is 136 Å². The van der Waals surface area contributed by atoms with Crippen LogP contribution in [0.2, 0.25) is 0 Å². The molecule has 0 radical (unpaired) electrons. The molecule has 0 unspecified atom stereocenters. The summed E-state index contributed by atoms with van der Waals surface area (Å²) in [6.07, 6.45) is 1.72. The molecule has 362 valence electrons. The van der Waals surface area contributed by atoms with Crippen LogP contribution in [0.15, 0.2) is 188 Å². The number of fused-ring (bicyclic) bond motifs is 7. The zero-order valence-electron chi connectivity index (χ0n) is 46.2. The van der Waals surface area contributed by atoms with Gasteiger partial charge >= 0.3 is 0 Å². The number of aryl methyl sites for hydroxylation is 1.